The normalized spacial score (nSPS) is 18.8. The van der Waals surface area contributed by atoms with Gasteiger partial charge in [0, 0.05) is 24.2 Å². The van der Waals surface area contributed by atoms with Gasteiger partial charge in [0.2, 0.25) is 5.91 Å². The van der Waals surface area contributed by atoms with Crippen LogP contribution in [0.25, 0.3) is 0 Å². The van der Waals surface area contributed by atoms with E-state index in [9.17, 15) is 14.7 Å². The Balaban J connectivity index is 1.28. The van der Waals surface area contributed by atoms with Gasteiger partial charge in [0.05, 0.1) is 24.8 Å². The number of rotatable bonds is 6. The number of likely N-dealkylation sites (tertiary alicyclic amines) is 1. The monoisotopic (exact) mass is 445 g/mol. The number of nitrogens with one attached hydrogen (secondary N) is 1. The number of carbonyl (C=O) groups is 2. The topological polar surface area (TPSA) is 100 Å². The summed E-state index contributed by atoms with van der Waals surface area (Å²) in [7, 11) is 0. The smallest absolute Gasteiger partial charge is 0.273 e. The molecule has 8 nitrogen and oxygen atoms in total. The molecule has 31 heavy (non-hydrogen) atoms. The predicted molar refractivity (Wildman–Crippen MR) is 116 cm³/mol. The van der Waals surface area contributed by atoms with Gasteiger partial charge in [0.1, 0.15) is 0 Å². The van der Waals surface area contributed by atoms with Gasteiger partial charge in [0.15, 0.2) is 5.69 Å². The Morgan fingerprint density at radius 2 is 1.90 bits per heavy atom. The number of halogens is 1. The van der Waals surface area contributed by atoms with Gasteiger partial charge >= 0.3 is 0 Å². The molecule has 1 saturated heterocycles. The summed E-state index contributed by atoms with van der Waals surface area (Å²) in [5.41, 5.74) is 0.0810. The highest BCUT2D eigenvalue weighted by Crippen LogP contribution is 2.25. The second-order valence-corrected chi connectivity index (χ2v) is 9.04. The third-order valence-corrected chi connectivity index (χ3v) is 6.63. The van der Waals surface area contributed by atoms with Crippen LogP contribution in [0.2, 0.25) is 5.02 Å². The van der Waals surface area contributed by atoms with Crippen molar-refractivity contribution >= 4 is 23.4 Å². The molecule has 2 aromatic rings. The first-order chi connectivity index (χ1) is 14.9. The van der Waals surface area contributed by atoms with E-state index in [-0.39, 0.29) is 36.5 Å². The van der Waals surface area contributed by atoms with Crippen LogP contribution < -0.4 is 5.32 Å². The molecule has 1 aromatic carbocycles. The Morgan fingerprint density at radius 3 is 2.61 bits per heavy atom. The van der Waals surface area contributed by atoms with Gasteiger partial charge in [-0.25, -0.2) is 4.68 Å². The number of aliphatic hydroxyl groups is 1. The first-order valence-electron chi connectivity index (χ1n) is 10.9. The summed E-state index contributed by atoms with van der Waals surface area (Å²) in [6.07, 6.45) is 7.00. The van der Waals surface area contributed by atoms with E-state index in [0.29, 0.717) is 31.0 Å². The minimum atomic E-state index is -0.992. The predicted octanol–water partition coefficient (Wildman–Crippen LogP) is 2.20. The SMILES string of the molecule is O=C(NC1CCCC1)c1cn(CC2(O)CCN(C(=O)Cc3ccccc3Cl)CC2)nn1. The first-order valence-corrected chi connectivity index (χ1v) is 11.2. The Kier molecular flexibility index (Phi) is 6.57. The highest BCUT2D eigenvalue weighted by Gasteiger charge is 2.35. The Morgan fingerprint density at radius 1 is 1.19 bits per heavy atom. The van der Waals surface area contributed by atoms with Gasteiger partial charge < -0.3 is 15.3 Å². The van der Waals surface area contributed by atoms with E-state index in [1.165, 1.54) is 4.68 Å². The molecule has 4 rings (SSSR count). The van der Waals surface area contributed by atoms with E-state index in [1.807, 2.05) is 18.2 Å². The van der Waals surface area contributed by atoms with E-state index in [0.717, 1.165) is 31.2 Å². The second-order valence-electron chi connectivity index (χ2n) is 8.63. The van der Waals surface area contributed by atoms with Crippen LogP contribution >= 0.6 is 11.6 Å². The van der Waals surface area contributed by atoms with Gasteiger partial charge in [-0.15, -0.1) is 5.10 Å². The lowest BCUT2D eigenvalue weighted by atomic mass is 9.91. The molecule has 0 radical (unpaired) electrons. The molecule has 2 heterocycles. The van der Waals surface area contributed by atoms with Gasteiger partial charge in [-0.2, -0.15) is 0 Å². The largest absolute Gasteiger partial charge is 0.388 e. The number of nitrogens with zero attached hydrogens (tertiary/aromatic N) is 4. The molecule has 0 bridgehead atoms. The molecule has 1 aliphatic carbocycles. The molecule has 166 valence electrons. The van der Waals surface area contributed by atoms with Gasteiger partial charge in [-0.3, -0.25) is 9.59 Å². The van der Waals surface area contributed by atoms with E-state index in [2.05, 4.69) is 15.6 Å². The van der Waals surface area contributed by atoms with Crippen molar-refractivity contribution in [2.45, 2.75) is 63.1 Å². The van der Waals surface area contributed by atoms with Crippen molar-refractivity contribution in [1.82, 2.24) is 25.2 Å². The molecule has 2 amide bonds. The Labute approximate surface area is 186 Å². The maximum Gasteiger partial charge on any atom is 0.273 e. The summed E-state index contributed by atoms with van der Waals surface area (Å²) in [6.45, 7) is 1.16. The summed E-state index contributed by atoms with van der Waals surface area (Å²) in [6, 6.07) is 7.55. The molecule has 2 aliphatic rings. The molecular weight excluding hydrogens is 418 g/mol. The summed E-state index contributed by atoms with van der Waals surface area (Å²) in [5.74, 6) is -0.216. The zero-order valence-electron chi connectivity index (χ0n) is 17.5. The van der Waals surface area contributed by atoms with Crippen molar-refractivity contribution in [3.8, 4) is 0 Å². The van der Waals surface area contributed by atoms with Crippen LogP contribution in [0.5, 0.6) is 0 Å². The number of aromatic nitrogens is 3. The molecule has 1 aliphatic heterocycles. The van der Waals surface area contributed by atoms with Crippen LogP contribution in [-0.4, -0.2) is 61.5 Å². The summed E-state index contributed by atoms with van der Waals surface area (Å²) in [4.78, 5) is 26.7. The second kappa shape index (κ2) is 9.36. The van der Waals surface area contributed by atoms with Crippen LogP contribution in [0.3, 0.4) is 0 Å². The molecule has 0 unspecified atom stereocenters. The molecule has 2 fully saturated rings. The third-order valence-electron chi connectivity index (χ3n) is 6.26. The fourth-order valence-electron chi connectivity index (χ4n) is 4.36. The number of piperidine rings is 1. The van der Waals surface area contributed by atoms with Gasteiger partial charge in [0.25, 0.3) is 5.91 Å². The van der Waals surface area contributed by atoms with Crippen molar-refractivity contribution in [2.24, 2.45) is 0 Å². The first kappa shape index (κ1) is 21.8. The molecule has 1 saturated carbocycles. The van der Waals surface area contributed by atoms with Crippen LogP contribution in [0.15, 0.2) is 30.5 Å². The third kappa shape index (κ3) is 5.43. The molecule has 2 N–H and O–H groups in total. The van der Waals surface area contributed by atoms with Crippen molar-refractivity contribution in [1.29, 1.82) is 0 Å². The highest BCUT2D eigenvalue weighted by molar-refractivity contribution is 6.31. The lowest BCUT2D eigenvalue weighted by molar-refractivity contribution is -0.135. The fraction of sp³-hybridized carbons (Fsp3) is 0.545. The Bertz CT molecular complexity index is 933. The number of amides is 2. The number of benzene rings is 1. The number of hydrogen-bond donors (Lipinski definition) is 2. The standard InChI is InChI=1S/C22H28ClN5O3/c23-18-8-4-1-5-16(18)13-20(29)27-11-9-22(31,10-12-27)15-28-14-19(25-26-28)21(30)24-17-6-2-3-7-17/h1,4-5,8,14,17,31H,2-3,6-7,9-13,15H2,(H,24,30). The van der Waals surface area contributed by atoms with Gasteiger partial charge in [-0.05, 0) is 37.3 Å². The van der Waals surface area contributed by atoms with Crippen molar-refractivity contribution in [3.05, 3.63) is 46.7 Å². The Hall–Kier alpha value is -2.45. The summed E-state index contributed by atoms with van der Waals surface area (Å²) >= 11 is 6.16. The minimum Gasteiger partial charge on any atom is -0.388 e. The van der Waals surface area contributed by atoms with Crippen LogP contribution in [-0.2, 0) is 17.8 Å². The van der Waals surface area contributed by atoms with E-state index in [4.69, 9.17) is 11.6 Å². The lowest BCUT2D eigenvalue weighted by Crippen LogP contribution is -2.49. The van der Waals surface area contributed by atoms with Gasteiger partial charge in [-0.1, -0.05) is 47.9 Å². The molecule has 0 spiro atoms. The fourth-order valence-corrected chi connectivity index (χ4v) is 4.56. The highest BCUT2D eigenvalue weighted by atomic mass is 35.5. The maximum atomic E-state index is 12.6. The zero-order valence-corrected chi connectivity index (χ0v) is 18.2. The number of carbonyl (C=O) groups excluding carboxylic acids is 2. The average molecular weight is 446 g/mol. The van der Waals surface area contributed by atoms with Crippen molar-refractivity contribution in [2.75, 3.05) is 13.1 Å². The molecule has 0 atom stereocenters. The molecule has 9 heteroatoms. The summed E-state index contributed by atoms with van der Waals surface area (Å²) in [5, 5.41) is 22.6. The average Bonchev–Trinajstić information content (AvgIpc) is 3.42. The van der Waals surface area contributed by atoms with E-state index >= 15 is 0 Å². The van der Waals surface area contributed by atoms with E-state index < -0.39 is 5.60 Å². The quantitative estimate of drug-likeness (QED) is 0.710. The van der Waals surface area contributed by atoms with Crippen molar-refractivity contribution in [3.63, 3.8) is 0 Å². The summed E-state index contributed by atoms with van der Waals surface area (Å²) < 4.78 is 1.52. The van der Waals surface area contributed by atoms with Crippen LogP contribution in [0.4, 0.5) is 0 Å². The van der Waals surface area contributed by atoms with E-state index in [1.54, 1.807) is 17.2 Å². The zero-order chi connectivity index (χ0) is 21.8. The number of hydrogen-bond acceptors (Lipinski definition) is 5. The minimum absolute atomic E-state index is 0.00164. The van der Waals surface area contributed by atoms with Crippen LogP contribution in [0.1, 0.15) is 54.6 Å². The lowest BCUT2D eigenvalue weighted by Gasteiger charge is -2.38. The van der Waals surface area contributed by atoms with Crippen LogP contribution in [0, 0.1) is 0 Å². The maximum absolute atomic E-state index is 12.6. The van der Waals surface area contributed by atoms with Crippen molar-refractivity contribution < 1.29 is 14.7 Å². The molecule has 1 aromatic heterocycles. The molecular formula is C22H28ClN5O3.